The van der Waals surface area contributed by atoms with Gasteiger partial charge in [-0.15, -0.1) is 0 Å². The molecule has 0 aromatic heterocycles. The summed E-state index contributed by atoms with van der Waals surface area (Å²) in [6.07, 6.45) is 6.91. The molecule has 0 aliphatic carbocycles. The smallest absolute Gasteiger partial charge is 0.116 e. The first-order valence-electron chi connectivity index (χ1n) is 5.71. The van der Waals surface area contributed by atoms with Crippen molar-refractivity contribution in [3.63, 3.8) is 0 Å². The number of allylic oxidation sites excluding steroid dienone is 3. The van der Waals surface area contributed by atoms with Crippen molar-refractivity contribution in [2.45, 2.75) is 25.9 Å². The summed E-state index contributed by atoms with van der Waals surface area (Å²) < 4.78 is 5.99. The van der Waals surface area contributed by atoms with E-state index in [2.05, 4.69) is 36.3 Å². The summed E-state index contributed by atoms with van der Waals surface area (Å²) in [4.78, 5) is 2.22. The molecular formula is C12H20N2O. The maximum atomic E-state index is 5.99. The molecule has 2 aliphatic heterocycles. The molecule has 0 saturated carbocycles. The van der Waals surface area contributed by atoms with E-state index in [0.29, 0.717) is 6.10 Å². The molecule has 2 aliphatic rings. The van der Waals surface area contributed by atoms with Gasteiger partial charge in [0.1, 0.15) is 11.9 Å². The molecule has 2 rings (SSSR count). The van der Waals surface area contributed by atoms with Crippen LogP contribution in [0.15, 0.2) is 23.6 Å². The molecule has 0 spiro atoms. The molecule has 0 radical (unpaired) electrons. The molecule has 0 bridgehead atoms. The molecule has 0 aromatic rings. The van der Waals surface area contributed by atoms with Crippen LogP contribution in [0, 0.1) is 0 Å². The van der Waals surface area contributed by atoms with Crippen molar-refractivity contribution in [3.8, 4) is 0 Å². The minimum atomic E-state index is 0.415. The summed E-state index contributed by atoms with van der Waals surface area (Å²) in [5, 5.41) is 3.35. The van der Waals surface area contributed by atoms with Crippen molar-refractivity contribution >= 4 is 0 Å². The molecule has 3 heteroatoms. The fourth-order valence-electron chi connectivity index (χ4n) is 1.96. The van der Waals surface area contributed by atoms with Crippen LogP contribution in [0.3, 0.4) is 0 Å². The van der Waals surface area contributed by atoms with Gasteiger partial charge in [0, 0.05) is 12.7 Å². The Balaban J connectivity index is 1.89. The Kier molecular flexibility index (Phi) is 3.31. The number of ether oxygens (including phenoxy) is 1. The summed E-state index contributed by atoms with van der Waals surface area (Å²) in [5.41, 5.74) is 1.30. The van der Waals surface area contributed by atoms with Gasteiger partial charge in [0.2, 0.25) is 0 Å². The number of hydrogen-bond acceptors (Lipinski definition) is 3. The van der Waals surface area contributed by atoms with Crippen LogP contribution in [-0.4, -0.2) is 37.7 Å². The standard InChI is InChI=1S/C12H20N2O/c1-10-3-4-12(9-14(10)2)15-11-5-7-13-8-6-11/h3-4,11,13H,5-9H2,1-2H3. The van der Waals surface area contributed by atoms with Gasteiger partial charge in [-0.05, 0) is 45.0 Å². The second-order valence-corrected chi connectivity index (χ2v) is 4.36. The lowest BCUT2D eigenvalue weighted by molar-refractivity contribution is 0.0767. The van der Waals surface area contributed by atoms with Crippen molar-refractivity contribution in [1.82, 2.24) is 10.2 Å². The molecule has 1 N–H and O–H groups in total. The zero-order valence-corrected chi connectivity index (χ0v) is 9.62. The SMILES string of the molecule is CC1=CC=C(OC2CCNCC2)CN1C. The lowest BCUT2D eigenvalue weighted by Gasteiger charge is -2.29. The number of piperidine rings is 1. The zero-order valence-electron chi connectivity index (χ0n) is 9.62. The van der Waals surface area contributed by atoms with Crippen LogP contribution >= 0.6 is 0 Å². The first-order valence-corrected chi connectivity index (χ1v) is 5.71. The topological polar surface area (TPSA) is 24.5 Å². The van der Waals surface area contributed by atoms with Gasteiger partial charge in [0.05, 0.1) is 6.54 Å². The molecule has 3 nitrogen and oxygen atoms in total. The lowest BCUT2D eigenvalue weighted by atomic mass is 10.1. The van der Waals surface area contributed by atoms with E-state index in [9.17, 15) is 0 Å². The molecule has 15 heavy (non-hydrogen) atoms. The summed E-state index contributed by atoms with van der Waals surface area (Å²) in [7, 11) is 2.10. The highest BCUT2D eigenvalue weighted by Gasteiger charge is 2.17. The highest BCUT2D eigenvalue weighted by atomic mass is 16.5. The van der Waals surface area contributed by atoms with Gasteiger partial charge >= 0.3 is 0 Å². The van der Waals surface area contributed by atoms with E-state index >= 15 is 0 Å². The van der Waals surface area contributed by atoms with Gasteiger partial charge in [-0.3, -0.25) is 0 Å². The second-order valence-electron chi connectivity index (χ2n) is 4.36. The third-order valence-electron chi connectivity index (χ3n) is 3.11. The Morgan fingerprint density at radius 2 is 2.07 bits per heavy atom. The molecule has 0 aromatic carbocycles. The normalized spacial score (nSPS) is 23.5. The van der Waals surface area contributed by atoms with Crippen LogP contribution in [0.1, 0.15) is 19.8 Å². The van der Waals surface area contributed by atoms with Gasteiger partial charge < -0.3 is 15.0 Å². The van der Waals surface area contributed by atoms with Crippen molar-refractivity contribution in [3.05, 3.63) is 23.6 Å². The maximum absolute atomic E-state index is 5.99. The third-order valence-corrected chi connectivity index (χ3v) is 3.11. The van der Waals surface area contributed by atoms with Gasteiger partial charge in [0.15, 0.2) is 0 Å². The first kappa shape index (κ1) is 10.6. The Bertz CT molecular complexity index is 277. The van der Waals surface area contributed by atoms with Gasteiger partial charge in [-0.25, -0.2) is 0 Å². The average molecular weight is 208 g/mol. The Morgan fingerprint density at radius 3 is 2.73 bits per heavy atom. The van der Waals surface area contributed by atoms with E-state index in [1.807, 2.05) is 0 Å². The molecule has 1 fully saturated rings. The largest absolute Gasteiger partial charge is 0.493 e. The highest BCUT2D eigenvalue weighted by molar-refractivity contribution is 5.19. The highest BCUT2D eigenvalue weighted by Crippen LogP contribution is 2.17. The maximum Gasteiger partial charge on any atom is 0.116 e. The first-order chi connectivity index (χ1) is 7.25. The predicted molar refractivity (Wildman–Crippen MR) is 61.4 cm³/mol. The van der Waals surface area contributed by atoms with Crippen LogP contribution in [0.25, 0.3) is 0 Å². The Hall–Kier alpha value is -0.960. The molecule has 0 atom stereocenters. The number of hydrogen-bond donors (Lipinski definition) is 1. The van der Waals surface area contributed by atoms with E-state index in [0.717, 1.165) is 38.2 Å². The van der Waals surface area contributed by atoms with Gasteiger partial charge in [0.25, 0.3) is 0 Å². The predicted octanol–water partition coefficient (Wildman–Crippen LogP) is 1.49. The molecule has 0 amide bonds. The van der Waals surface area contributed by atoms with E-state index in [-0.39, 0.29) is 0 Å². The minimum Gasteiger partial charge on any atom is -0.493 e. The summed E-state index contributed by atoms with van der Waals surface area (Å²) in [5.74, 6) is 1.11. The van der Waals surface area contributed by atoms with Crippen LogP contribution in [0.2, 0.25) is 0 Å². The lowest BCUT2D eigenvalue weighted by Crippen LogP contribution is -2.33. The fourth-order valence-corrected chi connectivity index (χ4v) is 1.96. The molecular weight excluding hydrogens is 188 g/mol. The van der Waals surface area contributed by atoms with E-state index < -0.39 is 0 Å². The summed E-state index contributed by atoms with van der Waals surface area (Å²) >= 11 is 0. The number of nitrogens with one attached hydrogen (secondary N) is 1. The minimum absolute atomic E-state index is 0.415. The molecule has 1 saturated heterocycles. The molecule has 2 heterocycles. The Labute approximate surface area is 91.8 Å². The van der Waals surface area contributed by atoms with Crippen LogP contribution in [-0.2, 0) is 4.74 Å². The van der Waals surface area contributed by atoms with Gasteiger partial charge in [-0.2, -0.15) is 0 Å². The van der Waals surface area contributed by atoms with Crippen molar-refractivity contribution in [2.75, 3.05) is 26.7 Å². The molecule has 84 valence electrons. The summed E-state index contributed by atoms with van der Waals surface area (Å²) in [6.45, 7) is 5.20. The third kappa shape index (κ3) is 2.75. The van der Waals surface area contributed by atoms with E-state index in [1.54, 1.807) is 0 Å². The quantitative estimate of drug-likeness (QED) is 0.744. The van der Waals surface area contributed by atoms with E-state index in [1.165, 1.54) is 5.70 Å². The Morgan fingerprint density at radius 1 is 1.33 bits per heavy atom. The van der Waals surface area contributed by atoms with E-state index in [4.69, 9.17) is 4.74 Å². The number of likely N-dealkylation sites (N-methyl/N-ethyl adjacent to an activating group) is 1. The van der Waals surface area contributed by atoms with Gasteiger partial charge in [-0.1, -0.05) is 0 Å². The second kappa shape index (κ2) is 4.71. The van der Waals surface area contributed by atoms with Crippen molar-refractivity contribution in [2.24, 2.45) is 0 Å². The fraction of sp³-hybridized carbons (Fsp3) is 0.667. The number of nitrogens with zero attached hydrogens (tertiary/aromatic N) is 1. The zero-order chi connectivity index (χ0) is 10.7. The average Bonchev–Trinajstić information content (AvgIpc) is 2.25. The van der Waals surface area contributed by atoms with Crippen LogP contribution in [0.4, 0.5) is 0 Å². The van der Waals surface area contributed by atoms with Crippen LogP contribution in [0.5, 0.6) is 0 Å². The monoisotopic (exact) mass is 208 g/mol. The van der Waals surface area contributed by atoms with Crippen LogP contribution < -0.4 is 5.32 Å². The molecule has 0 unspecified atom stereocenters. The number of rotatable bonds is 2. The van der Waals surface area contributed by atoms with Crippen molar-refractivity contribution in [1.29, 1.82) is 0 Å². The summed E-state index contributed by atoms with van der Waals surface area (Å²) in [6, 6.07) is 0. The van der Waals surface area contributed by atoms with Crippen molar-refractivity contribution < 1.29 is 4.74 Å².